The summed E-state index contributed by atoms with van der Waals surface area (Å²) < 4.78 is 31.9. The first-order valence-electron chi connectivity index (χ1n) is 5.58. The number of hydrogen-bond donors (Lipinski definition) is 0. The average Bonchev–Trinajstić information content (AvgIpc) is 2.42. The number of ketones is 1. The second kappa shape index (κ2) is 5.56. The Labute approximate surface area is 108 Å². The number of hydrogen-bond acceptors (Lipinski definition) is 3. The van der Waals surface area contributed by atoms with Gasteiger partial charge in [-0.1, -0.05) is 6.07 Å². The first kappa shape index (κ1) is 13.1. The standard InChI is InChI=1S/C14H11F2NO2/c1-19-14-9(4-3-7-17-14)13(18)8-10-11(15)5-2-6-12(10)16/h2-7H,8H2,1H3. The van der Waals surface area contributed by atoms with Crippen molar-refractivity contribution >= 4 is 5.78 Å². The van der Waals surface area contributed by atoms with Gasteiger partial charge in [0.15, 0.2) is 5.78 Å². The van der Waals surface area contributed by atoms with E-state index in [1.165, 1.54) is 25.4 Å². The fourth-order valence-corrected chi connectivity index (χ4v) is 1.72. The summed E-state index contributed by atoms with van der Waals surface area (Å²) >= 11 is 0. The molecule has 0 aliphatic carbocycles. The SMILES string of the molecule is COc1ncccc1C(=O)Cc1c(F)cccc1F. The zero-order valence-electron chi connectivity index (χ0n) is 10.2. The number of pyridine rings is 1. The molecule has 0 bridgehead atoms. The van der Waals surface area contributed by atoms with Crippen LogP contribution in [0, 0.1) is 11.6 Å². The van der Waals surface area contributed by atoms with E-state index in [0.717, 1.165) is 12.1 Å². The Kier molecular flexibility index (Phi) is 3.85. The number of aromatic nitrogens is 1. The normalized spacial score (nSPS) is 10.3. The van der Waals surface area contributed by atoms with Crippen molar-refractivity contribution in [3.05, 3.63) is 59.3 Å². The third-order valence-corrected chi connectivity index (χ3v) is 2.66. The van der Waals surface area contributed by atoms with E-state index < -0.39 is 17.4 Å². The molecule has 3 nitrogen and oxygen atoms in total. The van der Waals surface area contributed by atoms with Gasteiger partial charge >= 0.3 is 0 Å². The number of halogens is 2. The largest absolute Gasteiger partial charge is 0.480 e. The minimum atomic E-state index is -0.740. The minimum absolute atomic E-state index is 0.143. The third kappa shape index (κ3) is 2.76. The molecule has 2 rings (SSSR count). The Morgan fingerprint density at radius 3 is 2.53 bits per heavy atom. The molecule has 19 heavy (non-hydrogen) atoms. The van der Waals surface area contributed by atoms with Crippen LogP contribution in [0.3, 0.4) is 0 Å². The van der Waals surface area contributed by atoms with Crippen molar-refractivity contribution in [1.29, 1.82) is 0 Å². The number of nitrogens with zero attached hydrogens (tertiary/aromatic N) is 1. The van der Waals surface area contributed by atoms with Gasteiger partial charge in [0.25, 0.3) is 0 Å². The Balaban J connectivity index is 2.31. The van der Waals surface area contributed by atoms with Crippen LogP contribution in [-0.2, 0) is 6.42 Å². The molecule has 0 fully saturated rings. The molecule has 1 heterocycles. The van der Waals surface area contributed by atoms with Crippen molar-refractivity contribution in [3.8, 4) is 5.88 Å². The number of ether oxygens (including phenoxy) is 1. The van der Waals surface area contributed by atoms with Crippen molar-refractivity contribution in [2.45, 2.75) is 6.42 Å². The van der Waals surface area contributed by atoms with Crippen molar-refractivity contribution in [1.82, 2.24) is 4.98 Å². The van der Waals surface area contributed by atoms with Crippen LogP contribution in [0.5, 0.6) is 5.88 Å². The topological polar surface area (TPSA) is 39.2 Å². The summed E-state index contributed by atoms with van der Waals surface area (Å²) in [6.45, 7) is 0. The first-order chi connectivity index (χ1) is 9.13. The van der Waals surface area contributed by atoms with E-state index in [1.807, 2.05) is 0 Å². The van der Waals surface area contributed by atoms with E-state index in [9.17, 15) is 13.6 Å². The van der Waals surface area contributed by atoms with E-state index >= 15 is 0 Å². The van der Waals surface area contributed by atoms with Gasteiger partial charge in [-0.3, -0.25) is 4.79 Å². The monoisotopic (exact) mass is 263 g/mol. The van der Waals surface area contributed by atoms with Gasteiger partial charge in [0.1, 0.15) is 11.6 Å². The maximum atomic E-state index is 13.5. The predicted octanol–water partition coefficient (Wildman–Crippen LogP) is 2.79. The van der Waals surface area contributed by atoms with Gasteiger partial charge in [-0.15, -0.1) is 0 Å². The van der Waals surface area contributed by atoms with Crippen LogP contribution in [0.2, 0.25) is 0 Å². The van der Waals surface area contributed by atoms with Gasteiger partial charge < -0.3 is 4.74 Å². The number of carbonyl (C=O) groups excluding carboxylic acids is 1. The number of carbonyl (C=O) groups is 1. The zero-order valence-corrected chi connectivity index (χ0v) is 10.2. The molecular formula is C14H11F2NO2. The quantitative estimate of drug-likeness (QED) is 0.796. The van der Waals surface area contributed by atoms with Crippen molar-refractivity contribution < 1.29 is 18.3 Å². The molecule has 0 spiro atoms. The Hall–Kier alpha value is -2.30. The van der Waals surface area contributed by atoms with Gasteiger partial charge in [0, 0.05) is 18.2 Å². The average molecular weight is 263 g/mol. The minimum Gasteiger partial charge on any atom is -0.480 e. The van der Waals surface area contributed by atoms with Crippen molar-refractivity contribution in [2.24, 2.45) is 0 Å². The van der Waals surface area contributed by atoms with Crippen LogP contribution in [-0.4, -0.2) is 17.9 Å². The van der Waals surface area contributed by atoms with Crippen LogP contribution in [0.4, 0.5) is 8.78 Å². The summed E-state index contributed by atoms with van der Waals surface area (Å²) in [4.78, 5) is 15.9. The molecule has 2 aromatic rings. The Morgan fingerprint density at radius 2 is 1.89 bits per heavy atom. The van der Waals surface area contributed by atoms with E-state index in [2.05, 4.69) is 4.98 Å². The highest BCUT2D eigenvalue weighted by Crippen LogP contribution is 2.19. The predicted molar refractivity (Wildman–Crippen MR) is 65.2 cm³/mol. The van der Waals surface area contributed by atoms with E-state index in [0.29, 0.717) is 0 Å². The lowest BCUT2D eigenvalue weighted by Gasteiger charge is -2.07. The summed E-state index contributed by atoms with van der Waals surface area (Å²) in [5.41, 5.74) is -0.0499. The van der Waals surface area contributed by atoms with Gasteiger partial charge in [0.05, 0.1) is 12.7 Å². The molecule has 0 unspecified atom stereocenters. The van der Waals surface area contributed by atoms with E-state index in [4.69, 9.17) is 4.74 Å². The van der Waals surface area contributed by atoms with Crippen LogP contribution in [0.25, 0.3) is 0 Å². The molecule has 0 saturated heterocycles. The smallest absolute Gasteiger partial charge is 0.224 e. The lowest BCUT2D eigenvalue weighted by atomic mass is 10.0. The molecule has 1 aromatic heterocycles. The van der Waals surface area contributed by atoms with Crippen LogP contribution < -0.4 is 4.74 Å². The lowest BCUT2D eigenvalue weighted by molar-refractivity contribution is 0.0987. The van der Waals surface area contributed by atoms with Gasteiger partial charge in [-0.05, 0) is 24.3 Å². The highest BCUT2D eigenvalue weighted by atomic mass is 19.1. The maximum Gasteiger partial charge on any atom is 0.224 e. The molecule has 0 atom stereocenters. The van der Waals surface area contributed by atoms with Crippen molar-refractivity contribution in [3.63, 3.8) is 0 Å². The van der Waals surface area contributed by atoms with Gasteiger partial charge in [-0.2, -0.15) is 0 Å². The molecule has 0 N–H and O–H groups in total. The van der Waals surface area contributed by atoms with Crippen molar-refractivity contribution in [2.75, 3.05) is 7.11 Å². The highest BCUT2D eigenvalue weighted by molar-refractivity contribution is 5.99. The van der Waals surface area contributed by atoms with Gasteiger partial charge in [-0.25, -0.2) is 13.8 Å². The van der Waals surface area contributed by atoms with Gasteiger partial charge in [0.2, 0.25) is 5.88 Å². The molecule has 0 saturated carbocycles. The first-order valence-corrected chi connectivity index (χ1v) is 5.58. The van der Waals surface area contributed by atoms with Crippen LogP contribution in [0.1, 0.15) is 15.9 Å². The highest BCUT2D eigenvalue weighted by Gasteiger charge is 2.17. The second-order valence-electron chi connectivity index (χ2n) is 3.86. The number of rotatable bonds is 4. The Bertz CT molecular complexity index is 594. The molecule has 5 heteroatoms. The Morgan fingerprint density at radius 1 is 1.21 bits per heavy atom. The lowest BCUT2D eigenvalue weighted by Crippen LogP contribution is -2.09. The molecule has 0 amide bonds. The molecule has 0 aliphatic rings. The van der Waals surface area contributed by atoms with Crippen LogP contribution >= 0.6 is 0 Å². The number of benzene rings is 1. The fraction of sp³-hybridized carbons (Fsp3) is 0.143. The summed E-state index contributed by atoms with van der Waals surface area (Å²) in [6, 6.07) is 6.56. The maximum absolute atomic E-state index is 13.5. The summed E-state index contributed by atoms with van der Waals surface area (Å²) in [5, 5.41) is 0. The third-order valence-electron chi connectivity index (χ3n) is 2.66. The molecule has 1 aromatic carbocycles. The number of methoxy groups -OCH3 is 1. The molecule has 98 valence electrons. The number of Topliss-reactive ketones (excluding diaryl/α,β-unsaturated/α-hetero) is 1. The molecular weight excluding hydrogens is 252 g/mol. The fourth-order valence-electron chi connectivity index (χ4n) is 1.72. The summed E-state index contributed by atoms with van der Waals surface area (Å²) in [6.07, 6.45) is 1.10. The summed E-state index contributed by atoms with van der Waals surface area (Å²) in [5.74, 6) is -1.79. The van der Waals surface area contributed by atoms with Crippen LogP contribution in [0.15, 0.2) is 36.5 Å². The molecule has 0 radical (unpaired) electrons. The van der Waals surface area contributed by atoms with E-state index in [1.54, 1.807) is 6.07 Å². The summed E-state index contributed by atoms with van der Waals surface area (Å²) in [7, 11) is 1.38. The molecule has 0 aliphatic heterocycles. The second-order valence-corrected chi connectivity index (χ2v) is 3.86. The zero-order chi connectivity index (χ0) is 13.8. The van der Waals surface area contributed by atoms with E-state index in [-0.39, 0.29) is 23.4 Å².